The van der Waals surface area contributed by atoms with Crippen LogP contribution in [0.1, 0.15) is 34.9 Å². The Morgan fingerprint density at radius 1 is 1.14 bits per heavy atom. The Balaban J connectivity index is 1.31. The Kier molecular flexibility index (Phi) is 3.44. The van der Waals surface area contributed by atoms with Gasteiger partial charge in [0, 0.05) is 35.6 Å². The minimum Gasteiger partial charge on any atom is -0.361 e. The Morgan fingerprint density at radius 2 is 2.00 bits per heavy atom. The fourth-order valence-corrected chi connectivity index (χ4v) is 5.26. The molecule has 6 rings (SSSR count). The molecule has 2 aromatic carbocycles. The van der Waals surface area contributed by atoms with E-state index >= 15 is 0 Å². The Labute approximate surface area is 168 Å². The summed E-state index contributed by atoms with van der Waals surface area (Å²) < 4.78 is 6.53. The first kappa shape index (κ1) is 16.8. The number of carbonyl (C=O) groups excluding carboxylic acids is 2. The lowest BCUT2D eigenvalue weighted by Gasteiger charge is -2.32. The third kappa shape index (κ3) is 2.32. The van der Waals surface area contributed by atoms with E-state index in [0.29, 0.717) is 31.5 Å². The molecule has 1 aromatic heterocycles. The van der Waals surface area contributed by atoms with Crippen molar-refractivity contribution in [2.75, 3.05) is 13.1 Å². The molecule has 4 heterocycles. The number of hydrogen-bond acceptors (Lipinski definition) is 3. The van der Waals surface area contributed by atoms with Crippen molar-refractivity contribution in [3.05, 3.63) is 71.9 Å². The van der Waals surface area contributed by atoms with Crippen LogP contribution in [0.4, 0.5) is 0 Å². The number of aromatic amines is 1. The number of likely N-dealkylation sites (tertiary alicyclic amines) is 1. The maximum Gasteiger partial charge on any atom is 0.254 e. The second-order valence-corrected chi connectivity index (χ2v) is 8.11. The van der Waals surface area contributed by atoms with Crippen molar-refractivity contribution in [2.24, 2.45) is 0 Å². The number of aromatic nitrogens is 1. The molecule has 0 bridgehead atoms. The monoisotopic (exact) mass is 387 g/mol. The van der Waals surface area contributed by atoms with Gasteiger partial charge in [0.25, 0.3) is 5.91 Å². The van der Waals surface area contributed by atoms with E-state index in [4.69, 9.17) is 4.74 Å². The maximum absolute atomic E-state index is 13.3. The maximum atomic E-state index is 13.3. The van der Waals surface area contributed by atoms with Gasteiger partial charge in [-0.05, 0) is 29.8 Å². The summed E-state index contributed by atoms with van der Waals surface area (Å²) in [6, 6.07) is 17.4. The lowest BCUT2D eigenvalue weighted by Crippen LogP contribution is -2.48. The molecule has 3 saturated heterocycles. The van der Waals surface area contributed by atoms with Crippen molar-refractivity contribution < 1.29 is 14.3 Å². The van der Waals surface area contributed by atoms with Crippen molar-refractivity contribution in [3.8, 4) is 0 Å². The largest absolute Gasteiger partial charge is 0.361 e. The van der Waals surface area contributed by atoms with Crippen LogP contribution < -0.4 is 0 Å². The van der Waals surface area contributed by atoms with E-state index in [-0.39, 0.29) is 24.0 Å². The number of nitrogens with one attached hydrogen (secondary N) is 1. The highest BCUT2D eigenvalue weighted by molar-refractivity contribution is 5.99. The summed E-state index contributed by atoms with van der Waals surface area (Å²) in [7, 11) is 0. The van der Waals surface area contributed by atoms with E-state index in [1.807, 2.05) is 70.6 Å². The number of amides is 2. The molecule has 3 fully saturated rings. The molecule has 3 aliphatic rings. The van der Waals surface area contributed by atoms with Gasteiger partial charge in [-0.2, -0.15) is 0 Å². The van der Waals surface area contributed by atoms with E-state index < -0.39 is 5.72 Å². The topological polar surface area (TPSA) is 65.6 Å². The standard InChI is InChI=1S/C23H21N3O3/c27-21-13-20-23(26(21)14-19(29-23)15-4-2-1-3-5-15)9-11-25(20)22(28)17-6-7-18-16(12-17)8-10-24-18/h1-8,10,12,19-20,24H,9,11,13-14H2/t19-,20+,23-/m0/s1. The van der Waals surface area contributed by atoms with Crippen LogP contribution in [-0.4, -0.2) is 51.5 Å². The molecular weight excluding hydrogens is 366 g/mol. The van der Waals surface area contributed by atoms with Gasteiger partial charge in [0.2, 0.25) is 5.91 Å². The lowest BCUT2D eigenvalue weighted by atomic mass is 10.1. The fraction of sp³-hybridized carbons (Fsp3) is 0.304. The summed E-state index contributed by atoms with van der Waals surface area (Å²) in [5, 5.41) is 1.01. The van der Waals surface area contributed by atoms with Gasteiger partial charge in [-0.25, -0.2) is 0 Å². The highest BCUT2D eigenvalue weighted by Gasteiger charge is 2.65. The molecule has 3 atom stereocenters. The molecule has 0 aliphatic carbocycles. The van der Waals surface area contributed by atoms with Crippen molar-refractivity contribution in [2.45, 2.75) is 30.7 Å². The first-order valence-corrected chi connectivity index (χ1v) is 10.1. The number of rotatable bonds is 2. The predicted octanol–water partition coefficient (Wildman–Crippen LogP) is 3.08. The van der Waals surface area contributed by atoms with Gasteiger partial charge >= 0.3 is 0 Å². The normalized spacial score (nSPS) is 28.2. The Bertz CT molecular complexity index is 1120. The molecule has 6 heteroatoms. The molecule has 1 spiro atoms. The molecule has 6 nitrogen and oxygen atoms in total. The Morgan fingerprint density at radius 3 is 2.86 bits per heavy atom. The number of benzene rings is 2. The fourth-order valence-electron chi connectivity index (χ4n) is 5.26. The van der Waals surface area contributed by atoms with Crippen LogP contribution in [0.2, 0.25) is 0 Å². The summed E-state index contributed by atoms with van der Waals surface area (Å²) >= 11 is 0. The van der Waals surface area contributed by atoms with Crippen LogP contribution in [-0.2, 0) is 9.53 Å². The second-order valence-electron chi connectivity index (χ2n) is 8.11. The molecule has 0 unspecified atom stereocenters. The highest BCUT2D eigenvalue weighted by atomic mass is 16.5. The lowest BCUT2D eigenvalue weighted by molar-refractivity contribution is -0.138. The number of H-pyrrole nitrogens is 1. The third-order valence-corrected chi connectivity index (χ3v) is 6.66. The molecule has 3 aromatic rings. The average molecular weight is 387 g/mol. The predicted molar refractivity (Wildman–Crippen MR) is 107 cm³/mol. The van der Waals surface area contributed by atoms with E-state index in [9.17, 15) is 9.59 Å². The van der Waals surface area contributed by atoms with Gasteiger partial charge in [-0.3, -0.25) is 9.59 Å². The average Bonchev–Trinajstić information content (AvgIpc) is 3.49. The molecule has 146 valence electrons. The minimum atomic E-state index is -0.689. The molecular formula is C23H21N3O3. The van der Waals surface area contributed by atoms with Gasteiger partial charge in [-0.15, -0.1) is 0 Å². The number of hydrogen-bond donors (Lipinski definition) is 1. The van der Waals surface area contributed by atoms with Gasteiger partial charge in [0.05, 0.1) is 19.0 Å². The van der Waals surface area contributed by atoms with Gasteiger partial charge in [-0.1, -0.05) is 30.3 Å². The zero-order valence-electron chi connectivity index (χ0n) is 15.9. The first-order chi connectivity index (χ1) is 14.2. The number of nitrogens with zero attached hydrogens (tertiary/aromatic N) is 2. The smallest absolute Gasteiger partial charge is 0.254 e. The van der Waals surface area contributed by atoms with E-state index in [1.54, 1.807) is 0 Å². The zero-order chi connectivity index (χ0) is 19.6. The van der Waals surface area contributed by atoms with Crippen LogP contribution in [0.5, 0.6) is 0 Å². The van der Waals surface area contributed by atoms with Crippen LogP contribution in [0, 0.1) is 0 Å². The summed E-state index contributed by atoms with van der Waals surface area (Å²) in [6.45, 7) is 1.15. The molecule has 29 heavy (non-hydrogen) atoms. The van der Waals surface area contributed by atoms with Crippen molar-refractivity contribution >= 4 is 22.7 Å². The van der Waals surface area contributed by atoms with Crippen LogP contribution in [0.15, 0.2) is 60.8 Å². The Hall–Kier alpha value is -3.12. The molecule has 1 N–H and O–H groups in total. The second kappa shape index (κ2) is 5.94. The van der Waals surface area contributed by atoms with Gasteiger partial charge in [0.15, 0.2) is 5.72 Å². The molecule has 0 saturated carbocycles. The van der Waals surface area contributed by atoms with Gasteiger partial charge < -0.3 is 19.5 Å². The highest BCUT2D eigenvalue weighted by Crippen LogP contribution is 2.50. The minimum absolute atomic E-state index is 0.0311. The van der Waals surface area contributed by atoms with Gasteiger partial charge in [0.1, 0.15) is 6.10 Å². The number of fused-ring (bicyclic) bond motifs is 1. The molecule has 0 radical (unpaired) electrons. The molecule has 2 amide bonds. The SMILES string of the molecule is O=C(c1ccc2[nH]ccc2c1)N1CC[C@@]23O[C@H](c4ccccc4)CN2C(=O)C[C@@H]13. The van der Waals surface area contributed by atoms with Crippen LogP contribution in [0.3, 0.4) is 0 Å². The van der Waals surface area contributed by atoms with E-state index in [2.05, 4.69) is 4.98 Å². The van der Waals surface area contributed by atoms with Crippen LogP contribution >= 0.6 is 0 Å². The molecule has 3 aliphatic heterocycles. The third-order valence-electron chi connectivity index (χ3n) is 6.66. The van der Waals surface area contributed by atoms with Crippen molar-refractivity contribution in [3.63, 3.8) is 0 Å². The first-order valence-electron chi connectivity index (χ1n) is 10.1. The van der Waals surface area contributed by atoms with Crippen LogP contribution in [0.25, 0.3) is 10.9 Å². The summed E-state index contributed by atoms with van der Waals surface area (Å²) in [5.41, 5.74) is 2.04. The summed E-state index contributed by atoms with van der Waals surface area (Å²) in [4.78, 5) is 33.0. The van der Waals surface area contributed by atoms with E-state index in [1.165, 1.54) is 0 Å². The van der Waals surface area contributed by atoms with E-state index in [0.717, 1.165) is 16.5 Å². The zero-order valence-corrected chi connectivity index (χ0v) is 15.9. The quantitative estimate of drug-likeness (QED) is 0.735. The van der Waals surface area contributed by atoms with Crippen molar-refractivity contribution in [1.82, 2.24) is 14.8 Å². The number of carbonyl (C=O) groups is 2. The van der Waals surface area contributed by atoms with Crippen molar-refractivity contribution in [1.29, 1.82) is 0 Å². The number of ether oxygens (including phenoxy) is 1. The summed E-state index contributed by atoms with van der Waals surface area (Å²) in [6.07, 6.45) is 2.71. The summed E-state index contributed by atoms with van der Waals surface area (Å²) in [5.74, 6) is 0.0448.